The predicted octanol–water partition coefficient (Wildman–Crippen LogP) is 1.05. The van der Waals surface area contributed by atoms with Gasteiger partial charge in [0.1, 0.15) is 5.82 Å². The van der Waals surface area contributed by atoms with Crippen LogP contribution in [-0.2, 0) is 15.0 Å². The smallest absolute Gasteiger partial charge is 0.238 e. The first-order valence-electron chi connectivity index (χ1n) is 5.17. The molecule has 16 heavy (non-hydrogen) atoms. The van der Waals surface area contributed by atoms with Crippen molar-refractivity contribution >= 4 is 11.8 Å². The molecule has 3 nitrogen and oxygen atoms in total. The van der Waals surface area contributed by atoms with Gasteiger partial charge in [-0.15, -0.1) is 0 Å². The molecule has 1 heterocycles. The molecule has 1 saturated heterocycles. The van der Waals surface area contributed by atoms with Crippen LogP contribution in [0.1, 0.15) is 17.5 Å². The van der Waals surface area contributed by atoms with Gasteiger partial charge in [-0.1, -0.05) is 12.1 Å². The number of halogens is 1. The summed E-state index contributed by atoms with van der Waals surface area (Å²) in [5, 5.41) is 2.25. The van der Waals surface area contributed by atoms with Gasteiger partial charge in [0.15, 0.2) is 0 Å². The third-order valence-corrected chi connectivity index (χ3v) is 3.52. The van der Waals surface area contributed by atoms with E-state index in [4.69, 9.17) is 0 Å². The number of hydrogen-bond donors (Lipinski definition) is 1. The van der Waals surface area contributed by atoms with Crippen LogP contribution in [0.5, 0.6) is 0 Å². The van der Waals surface area contributed by atoms with Gasteiger partial charge in [-0.25, -0.2) is 4.39 Å². The maximum absolute atomic E-state index is 13.8. The van der Waals surface area contributed by atoms with Crippen molar-refractivity contribution in [1.82, 2.24) is 5.32 Å². The van der Waals surface area contributed by atoms with E-state index in [0.29, 0.717) is 12.0 Å². The van der Waals surface area contributed by atoms with E-state index in [9.17, 15) is 14.0 Å². The third-order valence-electron chi connectivity index (χ3n) is 3.52. The highest BCUT2D eigenvalue weighted by molar-refractivity contribution is 6.15. The van der Waals surface area contributed by atoms with Crippen LogP contribution in [0.15, 0.2) is 18.2 Å². The molecule has 1 aromatic rings. The maximum Gasteiger partial charge on any atom is 0.238 e. The Morgan fingerprint density at radius 1 is 1.44 bits per heavy atom. The molecule has 1 N–H and O–H groups in total. The molecule has 2 fully saturated rings. The fourth-order valence-corrected chi connectivity index (χ4v) is 2.54. The van der Waals surface area contributed by atoms with Gasteiger partial charge in [0, 0.05) is 5.56 Å². The summed E-state index contributed by atoms with van der Waals surface area (Å²) in [6, 6.07) is 4.77. The number of benzene rings is 1. The number of amides is 2. The van der Waals surface area contributed by atoms with Gasteiger partial charge in [0.05, 0.1) is 11.3 Å². The Balaban J connectivity index is 2.12. The molecular formula is C12H10FNO2. The average Bonchev–Trinajstić information content (AvgIpc) is 2.88. The molecule has 1 saturated carbocycles. The minimum absolute atomic E-state index is 0.273. The van der Waals surface area contributed by atoms with E-state index in [0.717, 1.165) is 5.56 Å². The van der Waals surface area contributed by atoms with Crippen LogP contribution in [0.25, 0.3) is 0 Å². The van der Waals surface area contributed by atoms with Crippen molar-refractivity contribution < 1.29 is 14.0 Å². The Morgan fingerprint density at radius 2 is 2.19 bits per heavy atom. The van der Waals surface area contributed by atoms with Crippen LogP contribution < -0.4 is 5.32 Å². The lowest BCUT2D eigenvalue weighted by atomic mass is 9.93. The second-order valence-electron chi connectivity index (χ2n) is 4.53. The van der Waals surface area contributed by atoms with Crippen molar-refractivity contribution in [3.63, 3.8) is 0 Å². The number of imide groups is 1. The summed E-state index contributed by atoms with van der Waals surface area (Å²) in [7, 11) is 0. The van der Waals surface area contributed by atoms with E-state index in [1.165, 1.54) is 6.07 Å². The standard InChI is InChI=1S/C12H10FNO2/c1-6-2-3-7(9(13)4-6)12-5-8(12)10(15)14-11(12)16/h2-4,8H,5H2,1H3,(H,14,15,16). The lowest BCUT2D eigenvalue weighted by Gasteiger charge is -2.11. The van der Waals surface area contributed by atoms with Crippen LogP contribution in [-0.4, -0.2) is 11.8 Å². The number of rotatable bonds is 1. The first-order valence-corrected chi connectivity index (χ1v) is 5.17. The molecule has 1 aliphatic carbocycles. The molecular weight excluding hydrogens is 209 g/mol. The van der Waals surface area contributed by atoms with Gasteiger partial charge in [-0.2, -0.15) is 0 Å². The molecule has 0 aromatic heterocycles. The minimum atomic E-state index is -0.908. The first-order chi connectivity index (χ1) is 7.55. The summed E-state index contributed by atoms with van der Waals surface area (Å²) in [5.74, 6) is -1.39. The molecule has 0 bridgehead atoms. The summed E-state index contributed by atoms with van der Waals surface area (Å²) in [6.45, 7) is 1.79. The van der Waals surface area contributed by atoms with Crippen molar-refractivity contribution in [1.29, 1.82) is 0 Å². The SMILES string of the molecule is Cc1ccc(C23CC2C(=O)NC3=O)c(F)c1. The Morgan fingerprint density at radius 3 is 2.69 bits per heavy atom. The normalized spacial score (nSPS) is 31.2. The van der Waals surface area contributed by atoms with Crippen LogP contribution in [0.2, 0.25) is 0 Å². The third kappa shape index (κ3) is 0.965. The Hall–Kier alpha value is -1.71. The van der Waals surface area contributed by atoms with Gasteiger partial charge in [0.2, 0.25) is 11.8 Å². The lowest BCUT2D eigenvalue weighted by Crippen LogP contribution is -2.30. The highest BCUT2D eigenvalue weighted by atomic mass is 19.1. The Kier molecular flexibility index (Phi) is 1.60. The zero-order chi connectivity index (χ0) is 11.5. The number of carbonyl (C=O) groups excluding carboxylic acids is 2. The second kappa shape index (κ2) is 2.70. The number of fused-ring (bicyclic) bond motifs is 1. The molecule has 0 spiro atoms. The molecule has 2 amide bonds. The van der Waals surface area contributed by atoms with E-state index in [-0.39, 0.29) is 17.7 Å². The summed E-state index contributed by atoms with van der Waals surface area (Å²) in [5.41, 5.74) is 0.250. The van der Waals surface area contributed by atoms with Gasteiger partial charge < -0.3 is 0 Å². The molecule has 1 aromatic carbocycles. The zero-order valence-corrected chi connectivity index (χ0v) is 8.71. The van der Waals surface area contributed by atoms with Crippen molar-refractivity contribution in [3.05, 3.63) is 35.1 Å². The highest BCUT2D eigenvalue weighted by Gasteiger charge is 2.70. The van der Waals surface area contributed by atoms with Gasteiger partial charge >= 0.3 is 0 Å². The van der Waals surface area contributed by atoms with Gasteiger partial charge in [0.25, 0.3) is 0 Å². The number of nitrogens with one attached hydrogen (secondary N) is 1. The molecule has 0 radical (unpaired) electrons. The first kappa shape index (κ1) is 9.51. The summed E-state index contributed by atoms with van der Waals surface area (Å²) in [4.78, 5) is 23.0. The number of piperidine rings is 1. The van der Waals surface area contributed by atoms with Crippen LogP contribution in [0, 0.1) is 18.7 Å². The summed E-state index contributed by atoms with van der Waals surface area (Å²) < 4.78 is 13.8. The van der Waals surface area contributed by atoms with Crippen molar-refractivity contribution in [2.24, 2.45) is 5.92 Å². The summed E-state index contributed by atoms with van der Waals surface area (Å²) >= 11 is 0. The quantitative estimate of drug-likeness (QED) is 0.717. The molecule has 2 atom stereocenters. The van der Waals surface area contributed by atoms with Crippen molar-refractivity contribution in [2.75, 3.05) is 0 Å². The second-order valence-corrected chi connectivity index (χ2v) is 4.53. The van der Waals surface area contributed by atoms with E-state index in [1.807, 2.05) is 0 Å². The zero-order valence-electron chi connectivity index (χ0n) is 8.71. The molecule has 2 aliphatic rings. The Labute approximate surface area is 91.6 Å². The molecule has 4 heteroatoms. The summed E-state index contributed by atoms with van der Waals surface area (Å²) in [6.07, 6.45) is 0.442. The average molecular weight is 219 g/mol. The fourth-order valence-electron chi connectivity index (χ4n) is 2.54. The maximum atomic E-state index is 13.8. The highest BCUT2D eigenvalue weighted by Crippen LogP contribution is 2.58. The number of carbonyl (C=O) groups is 2. The molecule has 2 unspecified atom stereocenters. The van der Waals surface area contributed by atoms with Crippen LogP contribution in [0.3, 0.4) is 0 Å². The molecule has 1 aliphatic heterocycles. The topological polar surface area (TPSA) is 46.2 Å². The van der Waals surface area contributed by atoms with E-state index in [1.54, 1.807) is 19.1 Å². The number of hydrogen-bond acceptors (Lipinski definition) is 2. The van der Waals surface area contributed by atoms with E-state index < -0.39 is 11.2 Å². The van der Waals surface area contributed by atoms with E-state index in [2.05, 4.69) is 5.32 Å². The predicted molar refractivity (Wildman–Crippen MR) is 54.1 cm³/mol. The largest absolute Gasteiger partial charge is 0.295 e. The van der Waals surface area contributed by atoms with Gasteiger partial charge in [-0.05, 0) is 25.0 Å². The monoisotopic (exact) mass is 219 g/mol. The van der Waals surface area contributed by atoms with Crippen LogP contribution in [0.4, 0.5) is 4.39 Å². The number of aryl methyl sites for hydroxylation is 1. The molecule has 82 valence electrons. The van der Waals surface area contributed by atoms with Gasteiger partial charge in [-0.3, -0.25) is 14.9 Å². The van der Waals surface area contributed by atoms with Crippen LogP contribution >= 0.6 is 0 Å². The Bertz CT molecular complexity index is 526. The minimum Gasteiger partial charge on any atom is -0.295 e. The van der Waals surface area contributed by atoms with E-state index >= 15 is 0 Å². The lowest BCUT2D eigenvalue weighted by molar-refractivity contribution is -0.127. The fraction of sp³-hybridized carbons (Fsp3) is 0.333. The molecule has 3 rings (SSSR count). The van der Waals surface area contributed by atoms with Crippen molar-refractivity contribution in [2.45, 2.75) is 18.8 Å². The van der Waals surface area contributed by atoms with Crippen molar-refractivity contribution in [3.8, 4) is 0 Å².